The summed E-state index contributed by atoms with van der Waals surface area (Å²) in [6.07, 6.45) is 7.11. The minimum Gasteiger partial charge on any atom is -0.409 e. The van der Waals surface area contributed by atoms with E-state index in [1.54, 1.807) is 0 Å². The Bertz CT molecular complexity index is 105. The zero-order valence-corrected chi connectivity index (χ0v) is 9.56. The van der Waals surface area contributed by atoms with E-state index < -0.39 is 0 Å². The molecule has 0 aromatic carbocycles. The third-order valence-corrected chi connectivity index (χ3v) is 3.80. The summed E-state index contributed by atoms with van der Waals surface area (Å²) in [5.74, 6) is 0.987. The third-order valence-electron chi connectivity index (χ3n) is 2.60. The van der Waals surface area contributed by atoms with Gasteiger partial charge in [-0.2, -0.15) is 0 Å². The molecule has 3 heteroatoms. The van der Waals surface area contributed by atoms with Crippen LogP contribution in [0.4, 0.5) is 0 Å². The molecular formula is C9H21NOSi. The van der Waals surface area contributed by atoms with Gasteiger partial charge in [-0.3, -0.25) is 0 Å². The summed E-state index contributed by atoms with van der Waals surface area (Å²) in [6.45, 7) is 4.20. The molecule has 0 atom stereocenters. The lowest BCUT2D eigenvalue weighted by molar-refractivity contribution is 0.287. The monoisotopic (exact) mass is 187 g/mol. The molecule has 2 nitrogen and oxygen atoms in total. The average molecular weight is 187 g/mol. The second-order valence-corrected chi connectivity index (χ2v) is 4.79. The van der Waals surface area contributed by atoms with Crippen LogP contribution in [0.3, 0.4) is 0 Å². The van der Waals surface area contributed by atoms with Crippen molar-refractivity contribution in [3.63, 3.8) is 0 Å². The standard InChI is InChI=1S/C9H21NOSi/c1-2-10-12-11-8-7-9-5-3-4-6-9/h9-10H,2-8,12H2,1H3. The Labute approximate surface area is 78.1 Å². The van der Waals surface area contributed by atoms with E-state index >= 15 is 0 Å². The van der Waals surface area contributed by atoms with Crippen molar-refractivity contribution in [3.05, 3.63) is 0 Å². The molecule has 0 amide bonds. The quantitative estimate of drug-likeness (QED) is 0.498. The topological polar surface area (TPSA) is 21.3 Å². The first-order valence-corrected chi connectivity index (χ1v) is 6.50. The first kappa shape index (κ1) is 10.2. The van der Waals surface area contributed by atoms with Crippen LogP contribution in [0.1, 0.15) is 39.0 Å². The van der Waals surface area contributed by atoms with E-state index in [0.717, 1.165) is 19.1 Å². The molecule has 1 saturated carbocycles. The fourth-order valence-electron chi connectivity index (χ4n) is 1.80. The van der Waals surface area contributed by atoms with Gasteiger partial charge in [0, 0.05) is 6.61 Å². The molecule has 0 radical (unpaired) electrons. The van der Waals surface area contributed by atoms with Crippen molar-refractivity contribution in [1.29, 1.82) is 0 Å². The van der Waals surface area contributed by atoms with Crippen LogP contribution >= 0.6 is 0 Å². The van der Waals surface area contributed by atoms with Crippen molar-refractivity contribution in [1.82, 2.24) is 4.98 Å². The van der Waals surface area contributed by atoms with Gasteiger partial charge in [0.25, 0.3) is 0 Å². The van der Waals surface area contributed by atoms with Crippen LogP contribution in [0.15, 0.2) is 0 Å². The van der Waals surface area contributed by atoms with Crippen LogP contribution < -0.4 is 4.98 Å². The zero-order chi connectivity index (χ0) is 8.65. The van der Waals surface area contributed by atoms with Crippen LogP contribution in [0.2, 0.25) is 0 Å². The average Bonchev–Trinajstić information content (AvgIpc) is 2.57. The van der Waals surface area contributed by atoms with Gasteiger partial charge in [-0.05, 0) is 18.9 Å². The highest BCUT2D eigenvalue weighted by molar-refractivity contribution is 6.23. The highest BCUT2D eigenvalue weighted by Gasteiger charge is 2.13. The summed E-state index contributed by atoms with van der Waals surface area (Å²) in [5, 5.41) is 0. The Morgan fingerprint density at radius 1 is 1.42 bits per heavy atom. The van der Waals surface area contributed by atoms with Gasteiger partial charge in [0.15, 0.2) is 0 Å². The van der Waals surface area contributed by atoms with Crippen molar-refractivity contribution in [2.75, 3.05) is 13.2 Å². The number of rotatable bonds is 6. The molecule has 0 aliphatic heterocycles. The summed E-state index contributed by atoms with van der Waals surface area (Å²) in [5.41, 5.74) is 0. The van der Waals surface area contributed by atoms with Crippen molar-refractivity contribution in [2.24, 2.45) is 5.92 Å². The predicted octanol–water partition coefficient (Wildman–Crippen LogP) is 1.19. The molecule has 1 rings (SSSR count). The number of nitrogens with one attached hydrogen (secondary N) is 1. The van der Waals surface area contributed by atoms with Crippen molar-refractivity contribution in [3.8, 4) is 0 Å². The van der Waals surface area contributed by atoms with Crippen LogP contribution in [0.5, 0.6) is 0 Å². The molecule has 1 fully saturated rings. The molecule has 1 aliphatic rings. The zero-order valence-electron chi connectivity index (χ0n) is 8.14. The van der Waals surface area contributed by atoms with Crippen LogP contribution in [0, 0.1) is 5.92 Å². The van der Waals surface area contributed by atoms with Gasteiger partial charge in [0.05, 0.1) is 0 Å². The lowest BCUT2D eigenvalue weighted by Gasteiger charge is -2.08. The van der Waals surface area contributed by atoms with Crippen molar-refractivity contribution in [2.45, 2.75) is 39.0 Å². The molecule has 0 bridgehead atoms. The SMILES string of the molecule is CCN[SiH2]OCCC1CCCC1. The smallest absolute Gasteiger partial charge is 0.235 e. The molecule has 0 spiro atoms. The van der Waals surface area contributed by atoms with E-state index in [-0.39, 0.29) is 9.92 Å². The number of hydrogen-bond donors (Lipinski definition) is 1. The van der Waals surface area contributed by atoms with Gasteiger partial charge in [-0.15, -0.1) is 0 Å². The largest absolute Gasteiger partial charge is 0.409 e. The van der Waals surface area contributed by atoms with E-state index in [2.05, 4.69) is 11.9 Å². The fourth-order valence-corrected chi connectivity index (χ4v) is 2.45. The van der Waals surface area contributed by atoms with Crippen LogP contribution in [0.25, 0.3) is 0 Å². The Hall–Kier alpha value is 0.137. The van der Waals surface area contributed by atoms with Gasteiger partial charge in [-0.1, -0.05) is 32.6 Å². The Morgan fingerprint density at radius 3 is 2.83 bits per heavy atom. The fraction of sp³-hybridized carbons (Fsp3) is 1.00. The number of hydrogen-bond acceptors (Lipinski definition) is 2. The second-order valence-electron chi connectivity index (χ2n) is 3.60. The predicted molar refractivity (Wildman–Crippen MR) is 54.7 cm³/mol. The van der Waals surface area contributed by atoms with Gasteiger partial charge in [-0.25, -0.2) is 0 Å². The molecule has 0 saturated heterocycles. The highest BCUT2D eigenvalue weighted by Crippen LogP contribution is 2.27. The van der Waals surface area contributed by atoms with Gasteiger partial charge in [0.2, 0.25) is 9.92 Å². The van der Waals surface area contributed by atoms with E-state index in [1.165, 1.54) is 32.1 Å². The minimum atomic E-state index is -0.377. The maximum atomic E-state index is 5.56. The highest BCUT2D eigenvalue weighted by atomic mass is 28.2. The van der Waals surface area contributed by atoms with Crippen LogP contribution in [-0.2, 0) is 4.43 Å². The summed E-state index contributed by atoms with van der Waals surface area (Å²) in [6, 6.07) is 0. The lowest BCUT2D eigenvalue weighted by atomic mass is 10.1. The molecule has 0 heterocycles. The first-order chi connectivity index (χ1) is 5.93. The Morgan fingerprint density at radius 2 is 2.17 bits per heavy atom. The molecule has 12 heavy (non-hydrogen) atoms. The van der Waals surface area contributed by atoms with Gasteiger partial charge < -0.3 is 9.41 Å². The summed E-state index contributed by atoms with van der Waals surface area (Å²) >= 11 is 0. The maximum absolute atomic E-state index is 5.56. The van der Waals surface area contributed by atoms with E-state index in [4.69, 9.17) is 4.43 Å². The van der Waals surface area contributed by atoms with Gasteiger partial charge >= 0.3 is 0 Å². The van der Waals surface area contributed by atoms with Crippen molar-refractivity contribution < 1.29 is 4.43 Å². The normalized spacial score (nSPS) is 19.8. The molecule has 0 aromatic rings. The molecular weight excluding hydrogens is 166 g/mol. The first-order valence-electron chi connectivity index (χ1n) is 5.22. The maximum Gasteiger partial charge on any atom is 0.235 e. The van der Waals surface area contributed by atoms with E-state index in [9.17, 15) is 0 Å². The minimum absolute atomic E-state index is 0.377. The summed E-state index contributed by atoms with van der Waals surface area (Å²) < 4.78 is 5.56. The Kier molecular flexibility index (Phi) is 5.65. The second kappa shape index (κ2) is 6.63. The lowest BCUT2D eigenvalue weighted by Crippen LogP contribution is -2.22. The molecule has 1 N–H and O–H groups in total. The third kappa shape index (κ3) is 4.23. The van der Waals surface area contributed by atoms with E-state index in [0.29, 0.717) is 0 Å². The Balaban J connectivity index is 1.81. The van der Waals surface area contributed by atoms with Gasteiger partial charge in [0.1, 0.15) is 0 Å². The molecule has 0 aromatic heterocycles. The summed E-state index contributed by atoms with van der Waals surface area (Å²) in [7, 11) is -0.377. The summed E-state index contributed by atoms with van der Waals surface area (Å²) in [4.78, 5) is 3.29. The molecule has 1 aliphatic carbocycles. The van der Waals surface area contributed by atoms with Crippen LogP contribution in [-0.4, -0.2) is 23.1 Å². The van der Waals surface area contributed by atoms with E-state index in [1.807, 2.05) is 0 Å². The molecule has 0 unspecified atom stereocenters. The molecule has 72 valence electrons. The van der Waals surface area contributed by atoms with Crippen molar-refractivity contribution >= 4 is 9.92 Å².